The average molecular weight is 281 g/mol. The van der Waals surface area contributed by atoms with E-state index in [1.165, 1.54) is 5.56 Å². The fourth-order valence-corrected chi connectivity index (χ4v) is 2.77. The van der Waals surface area contributed by atoms with Crippen LogP contribution in [0.3, 0.4) is 0 Å². The van der Waals surface area contributed by atoms with Crippen molar-refractivity contribution in [2.75, 3.05) is 26.7 Å². The number of carbonyl (C=O) groups is 1. The molecule has 0 saturated carbocycles. The van der Waals surface area contributed by atoms with Crippen molar-refractivity contribution in [1.82, 2.24) is 14.8 Å². The third-order valence-electron chi connectivity index (χ3n) is 4.05. The molecule has 1 aromatic heterocycles. The molecule has 1 amide bonds. The molecule has 2 aromatic rings. The quantitative estimate of drug-likeness (QED) is 0.847. The molecule has 1 aromatic carbocycles. The van der Waals surface area contributed by atoms with Gasteiger partial charge in [0.25, 0.3) is 5.91 Å². The highest BCUT2D eigenvalue weighted by molar-refractivity contribution is 5.94. The number of amides is 1. The maximum atomic E-state index is 12.6. The van der Waals surface area contributed by atoms with Gasteiger partial charge in [-0.2, -0.15) is 0 Å². The molecule has 1 aliphatic heterocycles. The van der Waals surface area contributed by atoms with E-state index < -0.39 is 0 Å². The molecule has 1 unspecified atom stereocenters. The summed E-state index contributed by atoms with van der Waals surface area (Å²) in [7, 11) is 2.12. The molecule has 0 radical (unpaired) electrons. The van der Waals surface area contributed by atoms with E-state index in [4.69, 9.17) is 0 Å². The fourth-order valence-electron chi connectivity index (χ4n) is 2.77. The molecule has 0 aliphatic carbocycles. The van der Waals surface area contributed by atoms with E-state index in [0.717, 1.165) is 19.6 Å². The van der Waals surface area contributed by atoms with Gasteiger partial charge in [0, 0.05) is 37.6 Å². The van der Waals surface area contributed by atoms with Gasteiger partial charge >= 0.3 is 0 Å². The van der Waals surface area contributed by atoms with E-state index in [-0.39, 0.29) is 11.9 Å². The summed E-state index contributed by atoms with van der Waals surface area (Å²) < 4.78 is 0. The van der Waals surface area contributed by atoms with Gasteiger partial charge in [0.05, 0.1) is 6.04 Å². The molecule has 2 heterocycles. The SMILES string of the molecule is CN1CCN(C(=O)c2ccncc2)CC1c1ccccc1. The summed E-state index contributed by atoms with van der Waals surface area (Å²) in [5, 5.41) is 0. The Morgan fingerprint density at radius 1 is 1.10 bits per heavy atom. The van der Waals surface area contributed by atoms with Gasteiger partial charge in [0.1, 0.15) is 0 Å². The Labute approximate surface area is 125 Å². The summed E-state index contributed by atoms with van der Waals surface area (Å²) >= 11 is 0. The molecule has 0 bridgehead atoms. The zero-order valence-corrected chi connectivity index (χ0v) is 12.1. The van der Waals surface area contributed by atoms with Crippen LogP contribution in [0.25, 0.3) is 0 Å². The Hall–Kier alpha value is -2.20. The lowest BCUT2D eigenvalue weighted by Gasteiger charge is -2.39. The van der Waals surface area contributed by atoms with Crippen molar-refractivity contribution in [3.05, 3.63) is 66.0 Å². The van der Waals surface area contributed by atoms with Crippen molar-refractivity contribution in [2.45, 2.75) is 6.04 Å². The number of piperazine rings is 1. The first kappa shape index (κ1) is 13.8. The van der Waals surface area contributed by atoms with Crippen LogP contribution in [0.2, 0.25) is 0 Å². The minimum absolute atomic E-state index is 0.0893. The van der Waals surface area contributed by atoms with Gasteiger partial charge in [-0.1, -0.05) is 30.3 Å². The molecular weight excluding hydrogens is 262 g/mol. The lowest BCUT2D eigenvalue weighted by molar-refractivity contribution is 0.0546. The van der Waals surface area contributed by atoms with Crippen molar-refractivity contribution in [1.29, 1.82) is 0 Å². The standard InChI is InChI=1S/C17H19N3O/c1-19-11-12-20(17(21)15-7-9-18-10-8-15)13-16(19)14-5-3-2-4-6-14/h2-10,16H,11-13H2,1H3. The summed E-state index contributed by atoms with van der Waals surface area (Å²) in [6.45, 7) is 2.37. The zero-order chi connectivity index (χ0) is 14.7. The summed E-state index contributed by atoms with van der Waals surface area (Å²) in [5.41, 5.74) is 1.97. The van der Waals surface area contributed by atoms with Crippen LogP contribution >= 0.6 is 0 Å². The van der Waals surface area contributed by atoms with E-state index in [1.54, 1.807) is 24.5 Å². The molecular formula is C17H19N3O. The number of carbonyl (C=O) groups excluding carboxylic acids is 1. The van der Waals surface area contributed by atoms with Gasteiger partial charge in [-0.3, -0.25) is 14.7 Å². The minimum atomic E-state index is 0.0893. The highest BCUT2D eigenvalue weighted by Crippen LogP contribution is 2.24. The summed E-state index contributed by atoms with van der Waals surface area (Å²) in [5.74, 6) is 0.0893. The number of aromatic nitrogens is 1. The first-order valence-corrected chi connectivity index (χ1v) is 7.20. The molecule has 3 rings (SSSR count). The highest BCUT2D eigenvalue weighted by Gasteiger charge is 2.28. The van der Waals surface area contributed by atoms with Crippen LogP contribution in [0, 0.1) is 0 Å². The Morgan fingerprint density at radius 3 is 2.52 bits per heavy atom. The van der Waals surface area contributed by atoms with Crippen LogP contribution in [0.5, 0.6) is 0 Å². The molecule has 0 N–H and O–H groups in total. The molecule has 1 saturated heterocycles. The molecule has 108 valence electrons. The topological polar surface area (TPSA) is 36.4 Å². The predicted molar refractivity (Wildman–Crippen MR) is 82.0 cm³/mol. The van der Waals surface area contributed by atoms with E-state index >= 15 is 0 Å². The number of benzene rings is 1. The molecule has 21 heavy (non-hydrogen) atoms. The second kappa shape index (κ2) is 6.06. The van der Waals surface area contributed by atoms with Crippen LogP contribution in [0.4, 0.5) is 0 Å². The van der Waals surface area contributed by atoms with Crippen LogP contribution in [0.1, 0.15) is 22.0 Å². The van der Waals surface area contributed by atoms with E-state index in [0.29, 0.717) is 5.56 Å². The van der Waals surface area contributed by atoms with Gasteiger partial charge in [-0.25, -0.2) is 0 Å². The predicted octanol–water partition coefficient (Wildman–Crippen LogP) is 2.21. The Bertz CT molecular complexity index is 600. The lowest BCUT2D eigenvalue weighted by atomic mass is 10.0. The van der Waals surface area contributed by atoms with Crippen molar-refractivity contribution in [2.24, 2.45) is 0 Å². The lowest BCUT2D eigenvalue weighted by Crippen LogP contribution is -2.49. The van der Waals surface area contributed by atoms with Gasteiger partial charge in [0.2, 0.25) is 0 Å². The average Bonchev–Trinajstić information content (AvgIpc) is 2.56. The molecule has 0 spiro atoms. The monoisotopic (exact) mass is 281 g/mol. The van der Waals surface area contributed by atoms with Crippen molar-refractivity contribution < 1.29 is 4.79 Å². The van der Waals surface area contributed by atoms with Gasteiger partial charge in [-0.05, 0) is 24.7 Å². The number of likely N-dealkylation sites (N-methyl/N-ethyl adjacent to an activating group) is 1. The third-order valence-corrected chi connectivity index (χ3v) is 4.05. The normalized spacial score (nSPS) is 19.5. The number of nitrogens with zero attached hydrogens (tertiary/aromatic N) is 3. The zero-order valence-electron chi connectivity index (χ0n) is 12.1. The fraction of sp³-hybridized carbons (Fsp3) is 0.294. The maximum Gasteiger partial charge on any atom is 0.254 e. The van der Waals surface area contributed by atoms with Crippen molar-refractivity contribution in [3.8, 4) is 0 Å². The smallest absolute Gasteiger partial charge is 0.254 e. The maximum absolute atomic E-state index is 12.6. The Balaban J connectivity index is 1.78. The van der Waals surface area contributed by atoms with E-state index in [1.807, 2.05) is 23.1 Å². The number of hydrogen-bond donors (Lipinski definition) is 0. The first-order valence-electron chi connectivity index (χ1n) is 7.20. The summed E-state index contributed by atoms with van der Waals surface area (Å²) in [6.07, 6.45) is 3.33. The summed E-state index contributed by atoms with van der Waals surface area (Å²) in [4.78, 5) is 20.8. The van der Waals surface area contributed by atoms with Crippen LogP contribution < -0.4 is 0 Å². The molecule has 1 atom stereocenters. The Kier molecular flexibility index (Phi) is 3.97. The van der Waals surface area contributed by atoms with Gasteiger partial charge in [0.15, 0.2) is 0 Å². The molecule has 4 nitrogen and oxygen atoms in total. The summed E-state index contributed by atoms with van der Waals surface area (Å²) in [6, 6.07) is 14.2. The second-order valence-electron chi connectivity index (χ2n) is 5.39. The largest absolute Gasteiger partial charge is 0.335 e. The Morgan fingerprint density at radius 2 is 1.81 bits per heavy atom. The third kappa shape index (κ3) is 2.95. The first-order chi connectivity index (χ1) is 10.3. The van der Waals surface area contributed by atoms with E-state index in [2.05, 4.69) is 29.1 Å². The van der Waals surface area contributed by atoms with Crippen molar-refractivity contribution in [3.63, 3.8) is 0 Å². The number of pyridine rings is 1. The number of hydrogen-bond acceptors (Lipinski definition) is 3. The van der Waals surface area contributed by atoms with Crippen LogP contribution in [-0.2, 0) is 0 Å². The molecule has 4 heteroatoms. The van der Waals surface area contributed by atoms with E-state index in [9.17, 15) is 4.79 Å². The van der Waals surface area contributed by atoms with Crippen LogP contribution in [0.15, 0.2) is 54.9 Å². The second-order valence-corrected chi connectivity index (χ2v) is 5.39. The van der Waals surface area contributed by atoms with Gasteiger partial charge in [-0.15, -0.1) is 0 Å². The van der Waals surface area contributed by atoms with Gasteiger partial charge < -0.3 is 4.90 Å². The highest BCUT2D eigenvalue weighted by atomic mass is 16.2. The van der Waals surface area contributed by atoms with Crippen LogP contribution in [-0.4, -0.2) is 47.4 Å². The minimum Gasteiger partial charge on any atom is -0.335 e. The van der Waals surface area contributed by atoms with Crippen molar-refractivity contribution >= 4 is 5.91 Å². The molecule has 1 fully saturated rings. The molecule has 1 aliphatic rings. The number of rotatable bonds is 2.